The molecule has 0 atom stereocenters. The van der Waals surface area contributed by atoms with Gasteiger partial charge in [-0.05, 0) is 13.0 Å². The second-order valence-electron chi connectivity index (χ2n) is 3.11. The van der Waals surface area contributed by atoms with Gasteiger partial charge < -0.3 is 5.11 Å². The van der Waals surface area contributed by atoms with E-state index in [0.29, 0.717) is 11.1 Å². The Labute approximate surface area is 91.0 Å². The predicted octanol–water partition coefficient (Wildman–Crippen LogP) is 2.82. The molecule has 0 aliphatic rings. The number of thiazole rings is 1. The number of hydrogen-bond acceptors (Lipinski definition) is 3. The van der Waals surface area contributed by atoms with Crippen LogP contribution in [0.5, 0.6) is 0 Å². The van der Waals surface area contributed by atoms with Crippen LogP contribution in [0.2, 0.25) is 0 Å². The van der Waals surface area contributed by atoms with Crippen molar-refractivity contribution in [2.75, 3.05) is 0 Å². The van der Waals surface area contributed by atoms with Crippen LogP contribution in [0.25, 0.3) is 11.3 Å². The molecule has 2 rings (SSSR count). The molecule has 1 heterocycles. The third-order valence-corrected chi connectivity index (χ3v) is 2.92. The molecular formula is C11H9NO2S. The van der Waals surface area contributed by atoms with Gasteiger partial charge in [0.1, 0.15) is 0 Å². The quantitative estimate of drug-likeness (QED) is 0.844. The molecule has 0 aliphatic heterocycles. The highest BCUT2D eigenvalue weighted by atomic mass is 32.1. The van der Waals surface area contributed by atoms with Gasteiger partial charge >= 0.3 is 5.97 Å². The van der Waals surface area contributed by atoms with Crippen LogP contribution >= 0.6 is 11.3 Å². The fraction of sp³-hybridized carbons (Fsp3) is 0.0909. The molecule has 0 amide bonds. The Hall–Kier alpha value is -1.68. The van der Waals surface area contributed by atoms with E-state index in [1.807, 2.05) is 13.0 Å². The summed E-state index contributed by atoms with van der Waals surface area (Å²) in [5, 5.41) is 9.03. The van der Waals surface area contributed by atoms with Crippen molar-refractivity contribution in [1.29, 1.82) is 0 Å². The lowest BCUT2D eigenvalue weighted by atomic mass is 10.0. The summed E-state index contributed by atoms with van der Waals surface area (Å²) in [6, 6.07) is 6.91. The zero-order valence-corrected chi connectivity index (χ0v) is 8.91. The molecule has 0 spiro atoms. The number of rotatable bonds is 2. The van der Waals surface area contributed by atoms with E-state index < -0.39 is 5.97 Å². The molecule has 15 heavy (non-hydrogen) atoms. The summed E-state index contributed by atoms with van der Waals surface area (Å²) in [6.45, 7) is 1.94. The molecule has 0 radical (unpaired) electrons. The number of aromatic nitrogens is 1. The topological polar surface area (TPSA) is 50.2 Å². The van der Waals surface area contributed by atoms with Gasteiger partial charge in [-0.2, -0.15) is 0 Å². The van der Waals surface area contributed by atoms with E-state index in [9.17, 15) is 4.79 Å². The number of carbonyl (C=O) groups is 1. The summed E-state index contributed by atoms with van der Waals surface area (Å²) in [5.41, 5.74) is 3.47. The molecule has 1 aromatic carbocycles. The molecule has 2 aromatic rings. The molecule has 76 valence electrons. The van der Waals surface area contributed by atoms with Crippen molar-refractivity contribution in [2.45, 2.75) is 6.92 Å². The highest BCUT2D eigenvalue weighted by Crippen LogP contribution is 2.27. The zero-order valence-electron chi connectivity index (χ0n) is 8.10. The first kappa shape index (κ1) is 9.86. The van der Waals surface area contributed by atoms with Crippen molar-refractivity contribution in [3.05, 3.63) is 40.2 Å². The molecule has 0 aliphatic carbocycles. The molecule has 4 heteroatoms. The summed E-state index contributed by atoms with van der Waals surface area (Å²) < 4.78 is 0. The average Bonchev–Trinajstić information content (AvgIpc) is 2.64. The first-order chi connectivity index (χ1) is 7.20. The maximum Gasteiger partial charge on any atom is 0.336 e. The monoisotopic (exact) mass is 219 g/mol. The molecule has 1 aromatic heterocycles. The van der Waals surface area contributed by atoms with E-state index in [-0.39, 0.29) is 0 Å². The van der Waals surface area contributed by atoms with E-state index in [1.54, 1.807) is 23.7 Å². The number of hydrogen-bond donors (Lipinski definition) is 1. The maximum atomic E-state index is 11.0. The number of nitrogens with zero attached hydrogens (tertiary/aromatic N) is 1. The van der Waals surface area contributed by atoms with Gasteiger partial charge in [-0.15, -0.1) is 11.3 Å². The molecule has 3 nitrogen and oxygen atoms in total. The highest BCUT2D eigenvalue weighted by molar-refractivity contribution is 7.10. The zero-order chi connectivity index (χ0) is 10.8. The molecular weight excluding hydrogens is 210 g/mol. The van der Waals surface area contributed by atoms with Crippen LogP contribution in [-0.4, -0.2) is 16.1 Å². The standard InChI is InChI=1S/C11H9NO2S/c1-7-10(12-6-15-7)8-4-2-3-5-9(8)11(13)14/h2-6H,1H3,(H,13,14). The van der Waals surface area contributed by atoms with Crippen molar-refractivity contribution in [3.8, 4) is 11.3 Å². The Morgan fingerprint density at radius 2 is 2.13 bits per heavy atom. The Bertz CT molecular complexity index is 505. The van der Waals surface area contributed by atoms with Gasteiger partial charge in [0.2, 0.25) is 0 Å². The van der Waals surface area contributed by atoms with Gasteiger partial charge in [-0.3, -0.25) is 0 Å². The van der Waals surface area contributed by atoms with Crippen molar-refractivity contribution in [1.82, 2.24) is 4.98 Å². The van der Waals surface area contributed by atoms with Crippen molar-refractivity contribution in [2.24, 2.45) is 0 Å². The van der Waals surface area contributed by atoms with Gasteiger partial charge in [0.15, 0.2) is 0 Å². The number of benzene rings is 1. The van der Waals surface area contributed by atoms with Gasteiger partial charge in [-0.25, -0.2) is 9.78 Å². The SMILES string of the molecule is Cc1scnc1-c1ccccc1C(=O)O. The smallest absolute Gasteiger partial charge is 0.336 e. The Morgan fingerprint density at radius 3 is 2.73 bits per heavy atom. The summed E-state index contributed by atoms with van der Waals surface area (Å²) in [5.74, 6) is -0.919. The molecule has 0 fully saturated rings. The highest BCUT2D eigenvalue weighted by Gasteiger charge is 2.13. The minimum Gasteiger partial charge on any atom is -0.478 e. The van der Waals surface area contributed by atoms with Crippen LogP contribution in [0.3, 0.4) is 0 Å². The van der Waals surface area contributed by atoms with Crippen molar-refractivity contribution >= 4 is 17.3 Å². The first-order valence-electron chi connectivity index (χ1n) is 4.43. The van der Waals surface area contributed by atoms with E-state index in [0.717, 1.165) is 10.6 Å². The van der Waals surface area contributed by atoms with E-state index in [2.05, 4.69) is 4.98 Å². The van der Waals surface area contributed by atoms with Gasteiger partial charge in [0, 0.05) is 10.4 Å². The summed E-state index contributed by atoms with van der Waals surface area (Å²) >= 11 is 1.52. The lowest BCUT2D eigenvalue weighted by molar-refractivity contribution is 0.0697. The number of aromatic carboxylic acids is 1. The maximum absolute atomic E-state index is 11.0. The van der Waals surface area contributed by atoms with Crippen LogP contribution in [0, 0.1) is 6.92 Å². The molecule has 0 unspecified atom stereocenters. The van der Waals surface area contributed by atoms with Gasteiger partial charge in [0.05, 0.1) is 16.8 Å². The number of carboxylic acid groups (broad SMARTS) is 1. The normalized spacial score (nSPS) is 10.2. The summed E-state index contributed by atoms with van der Waals surface area (Å²) in [6.07, 6.45) is 0. The fourth-order valence-corrected chi connectivity index (χ4v) is 2.03. The van der Waals surface area contributed by atoms with Crippen molar-refractivity contribution in [3.63, 3.8) is 0 Å². The summed E-state index contributed by atoms with van der Waals surface area (Å²) in [4.78, 5) is 16.2. The Balaban J connectivity index is 2.63. The first-order valence-corrected chi connectivity index (χ1v) is 5.31. The van der Waals surface area contributed by atoms with E-state index in [4.69, 9.17) is 5.11 Å². The molecule has 0 saturated carbocycles. The van der Waals surface area contributed by atoms with Crippen LogP contribution in [0.1, 0.15) is 15.2 Å². The summed E-state index contributed by atoms with van der Waals surface area (Å²) in [7, 11) is 0. The average molecular weight is 219 g/mol. The number of carboxylic acids is 1. The largest absolute Gasteiger partial charge is 0.478 e. The van der Waals surface area contributed by atoms with E-state index >= 15 is 0 Å². The fourth-order valence-electron chi connectivity index (χ4n) is 1.44. The third-order valence-electron chi connectivity index (χ3n) is 2.16. The predicted molar refractivity (Wildman–Crippen MR) is 59.2 cm³/mol. The Kier molecular flexibility index (Phi) is 2.51. The minimum atomic E-state index is -0.919. The van der Waals surface area contributed by atoms with Crippen LogP contribution in [-0.2, 0) is 0 Å². The molecule has 1 N–H and O–H groups in total. The Morgan fingerprint density at radius 1 is 1.40 bits per heavy atom. The van der Waals surface area contributed by atoms with E-state index in [1.165, 1.54) is 11.3 Å². The van der Waals surface area contributed by atoms with Crippen molar-refractivity contribution < 1.29 is 9.90 Å². The van der Waals surface area contributed by atoms with Gasteiger partial charge in [-0.1, -0.05) is 18.2 Å². The second-order valence-corrected chi connectivity index (χ2v) is 4.17. The lowest BCUT2D eigenvalue weighted by Gasteiger charge is -2.03. The van der Waals surface area contributed by atoms with Crippen LogP contribution in [0.15, 0.2) is 29.8 Å². The van der Waals surface area contributed by atoms with Gasteiger partial charge in [0.25, 0.3) is 0 Å². The van der Waals surface area contributed by atoms with Crippen LogP contribution in [0.4, 0.5) is 0 Å². The molecule has 0 bridgehead atoms. The lowest BCUT2D eigenvalue weighted by Crippen LogP contribution is -1.99. The second kappa shape index (κ2) is 3.82. The number of aryl methyl sites for hydroxylation is 1. The minimum absolute atomic E-state index is 0.298. The third kappa shape index (κ3) is 1.76. The van der Waals surface area contributed by atoms with Crippen LogP contribution < -0.4 is 0 Å². The molecule has 0 saturated heterocycles.